The maximum absolute atomic E-state index is 12.1. The van der Waals surface area contributed by atoms with Crippen LogP contribution in [0.1, 0.15) is 53.7 Å². The Morgan fingerprint density at radius 2 is 2.00 bits per heavy atom. The Labute approximate surface area is 137 Å². The second kappa shape index (κ2) is 7.59. The SMILES string of the molecule is Cc1cc(C(=O)OCCc2ccsc2)ccc1C(C)C(C)C. The van der Waals surface area contributed by atoms with Crippen LogP contribution in [0.4, 0.5) is 0 Å². The molecule has 0 radical (unpaired) electrons. The molecule has 1 aromatic carbocycles. The molecule has 22 heavy (non-hydrogen) atoms. The van der Waals surface area contributed by atoms with Gasteiger partial charge in [-0.25, -0.2) is 4.79 Å². The molecule has 3 heteroatoms. The molecular weight excluding hydrogens is 292 g/mol. The predicted octanol–water partition coefficient (Wildman–Crippen LogP) is 5.22. The molecule has 2 rings (SSSR count). The number of carbonyl (C=O) groups is 1. The van der Waals surface area contributed by atoms with Crippen LogP contribution in [0.2, 0.25) is 0 Å². The number of carbonyl (C=O) groups excluding carboxylic acids is 1. The van der Waals surface area contributed by atoms with Gasteiger partial charge in [-0.05, 0) is 64.4 Å². The van der Waals surface area contributed by atoms with Crippen LogP contribution in [0, 0.1) is 12.8 Å². The molecule has 0 bridgehead atoms. The van der Waals surface area contributed by atoms with Gasteiger partial charge in [0, 0.05) is 6.42 Å². The summed E-state index contributed by atoms with van der Waals surface area (Å²) in [4.78, 5) is 12.1. The molecule has 0 saturated carbocycles. The van der Waals surface area contributed by atoms with Crippen molar-refractivity contribution in [3.05, 3.63) is 57.3 Å². The van der Waals surface area contributed by atoms with Gasteiger partial charge in [-0.2, -0.15) is 11.3 Å². The van der Waals surface area contributed by atoms with Gasteiger partial charge in [0.1, 0.15) is 0 Å². The first-order valence-electron chi connectivity index (χ1n) is 7.77. The number of esters is 1. The molecule has 0 amide bonds. The Morgan fingerprint density at radius 1 is 1.23 bits per heavy atom. The van der Waals surface area contributed by atoms with Gasteiger partial charge in [-0.15, -0.1) is 0 Å². The number of ether oxygens (including phenoxy) is 1. The highest BCUT2D eigenvalue weighted by Gasteiger charge is 2.15. The highest BCUT2D eigenvalue weighted by Crippen LogP contribution is 2.27. The summed E-state index contributed by atoms with van der Waals surface area (Å²) in [5.74, 6) is 0.841. The third-order valence-corrected chi connectivity index (χ3v) is 4.93. The third-order valence-electron chi connectivity index (χ3n) is 4.20. The lowest BCUT2D eigenvalue weighted by molar-refractivity contribution is 0.0509. The van der Waals surface area contributed by atoms with Crippen molar-refractivity contribution in [1.82, 2.24) is 0 Å². The second-order valence-corrected chi connectivity index (χ2v) is 6.90. The Hall–Kier alpha value is -1.61. The van der Waals surface area contributed by atoms with Gasteiger partial charge in [0.15, 0.2) is 0 Å². The minimum atomic E-state index is -0.234. The smallest absolute Gasteiger partial charge is 0.338 e. The lowest BCUT2D eigenvalue weighted by Crippen LogP contribution is -2.10. The van der Waals surface area contributed by atoms with Crippen LogP contribution in [0.5, 0.6) is 0 Å². The first-order valence-corrected chi connectivity index (χ1v) is 8.72. The highest BCUT2D eigenvalue weighted by molar-refractivity contribution is 7.07. The van der Waals surface area contributed by atoms with E-state index >= 15 is 0 Å². The van der Waals surface area contributed by atoms with Gasteiger partial charge in [0.05, 0.1) is 12.2 Å². The minimum absolute atomic E-state index is 0.234. The van der Waals surface area contributed by atoms with Crippen LogP contribution < -0.4 is 0 Å². The van der Waals surface area contributed by atoms with E-state index < -0.39 is 0 Å². The zero-order valence-corrected chi connectivity index (χ0v) is 14.6. The zero-order valence-electron chi connectivity index (χ0n) is 13.8. The lowest BCUT2D eigenvalue weighted by Gasteiger charge is -2.19. The van der Waals surface area contributed by atoms with Crippen molar-refractivity contribution in [3.63, 3.8) is 0 Å². The Morgan fingerprint density at radius 3 is 2.59 bits per heavy atom. The molecule has 2 aromatic rings. The Balaban J connectivity index is 1.97. The van der Waals surface area contributed by atoms with Crippen LogP contribution in [-0.4, -0.2) is 12.6 Å². The van der Waals surface area contributed by atoms with E-state index in [0.717, 1.165) is 12.0 Å². The lowest BCUT2D eigenvalue weighted by atomic mass is 9.87. The fraction of sp³-hybridized carbons (Fsp3) is 0.421. The fourth-order valence-electron chi connectivity index (χ4n) is 2.45. The predicted molar refractivity (Wildman–Crippen MR) is 92.7 cm³/mol. The largest absolute Gasteiger partial charge is 0.462 e. The van der Waals surface area contributed by atoms with E-state index in [9.17, 15) is 4.79 Å². The minimum Gasteiger partial charge on any atom is -0.462 e. The second-order valence-electron chi connectivity index (χ2n) is 6.12. The molecule has 0 spiro atoms. The molecule has 0 saturated heterocycles. The van der Waals surface area contributed by atoms with Crippen LogP contribution in [0.25, 0.3) is 0 Å². The summed E-state index contributed by atoms with van der Waals surface area (Å²) < 4.78 is 5.37. The normalized spacial score (nSPS) is 12.4. The molecule has 118 valence electrons. The molecule has 0 fully saturated rings. The van der Waals surface area contributed by atoms with Gasteiger partial charge in [-0.3, -0.25) is 0 Å². The van der Waals surface area contributed by atoms with Crippen molar-refractivity contribution in [3.8, 4) is 0 Å². The summed E-state index contributed by atoms with van der Waals surface area (Å²) in [5.41, 5.74) is 4.33. The van der Waals surface area contributed by atoms with Crippen molar-refractivity contribution >= 4 is 17.3 Å². The summed E-state index contributed by atoms with van der Waals surface area (Å²) in [5, 5.41) is 4.12. The number of benzene rings is 1. The molecule has 1 unspecified atom stereocenters. The van der Waals surface area contributed by atoms with Crippen molar-refractivity contribution < 1.29 is 9.53 Å². The van der Waals surface area contributed by atoms with E-state index in [1.165, 1.54) is 11.1 Å². The van der Waals surface area contributed by atoms with Crippen molar-refractivity contribution in [2.24, 2.45) is 5.92 Å². The van der Waals surface area contributed by atoms with Crippen LogP contribution in [0.15, 0.2) is 35.0 Å². The molecule has 1 atom stereocenters. The average molecular weight is 316 g/mol. The maximum atomic E-state index is 12.1. The Kier molecular flexibility index (Phi) is 5.78. The molecule has 0 aliphatic heterocycles. The monoisotopic (exact) mass is 316 g/mol. The van der Waals surface area contributed by atoms with Gasteiger partial charge in [0.2, 0.25) is 0 Å². The molecule has 0 N–H and O–H groups in total. The summed E-state index contributed by atoms with van der Waals surface area (Å²) in [7, 11) is 0. The number of hydrogen-bond donors (Lipinski definition) is 0. The number of thiophene rings is 1. The Bertz CT molecular complexity index is 614. The summed E-state index contributed by atoms with van der Waals surface area (Å²) in [6, 6.07) is 7.95. The fourth-order valence-corrected chi connectivity index (χ4v) is 3.16. The number of rotatable bonds is 6. The average Bonchev–Trinajstić information content (AvgIpc) is 2.99. The summed E-state index contributed by atoms with van der Waals surface area (Å²) in [6.45, 7) is 9.16. The van der Waals surface area contributed by atoms with Crippen LogP contribution in [0.3, 0.4) is 0 Å². The first-order chi connectivity index (χ1) is 10.5. The van der Waals surface area contributed by atoms with Gasteiger partial charge in [0.25, 0.3) is 0 Å². The van der Waals surface area contributed by atoms with Crippen molar-refractivity contribution in [2.75, 3.05) is 6.61 Å². The van der Waals surface area contributed by atoms with Crippen LogP contribution >= 0.6 is 11.3 Å². The maximum Gasteiger partial charge on any atom is 0.338 e. The quantitative estimate of drug-likeness (QED) is 0.683. The van der Waals surface area contributed by atoms with E-state index in [1.807, 2.05) is 17.5 Å². The molecular formula is C19H24O2S. The van der Waals surface area contributed by atoms with Crippen LogP contribution in [-0.2, 0) is 11.2 Å². The van der Waals surface area contributed by atoms with E-state index in [4.69, 9.17) is 4.74 Å². The standard InChI is InChI=1S/C19H24O2S/c1-13(2)15(4)18-6-5-17(11-14(18)3)19(20)21-9-7-16-8-10-22-12-16/h5-6,8,10-13,15H,7,9H2,1-4H3. The van der Waals surface area contributed by atoms with E-state index in [-0.39, 0.29) is 5.97 Å². The highest BCUT2D eigenvalue weighted by atomic mass is 32.1. The first kappa shape index (κ1) is 16.8. The van der Waals surface area contributed by atoms with E-state index in [0.29, 0.717) is 24.0 Å². The summed E-state index contributed by atoms with van der Waals surface area (Å²) in [6.07, 6.45) is 0.774. The third kappa shape index (κ3) is 4.20. The molecule has 1 aromatic heterocycles. The van der Waals surface area contributed by atoms with Crippen molar-refractivity contribution in [1.29, 1.82) is 0 Å². The molecule has 0 aliphatic carbocycles. The zero-order chi connectivity index (χ0) is 16.1. The van der Waals surface area contributed by atoms with E-state index in [2.05, 4.69) is 45.2 Å². The van der Waals surface area contributed by atoms with Gasteiger partial charge >= 0.3 is 5.97 Å². The van der Waals surface area contributed by atoms with Gasteiger partial charge in [-0.1, -0.05) is 26.8 Å². The van der Waals surface area contributed by atoms with Gasteiger partial charge < -0.3 is 4.74 Å². The summed E-state index contributed by atoms with van der Waals surface area (Å²) >= 11 is 1.66. The van der Waals surface area contributed by atoms with Crippen molar-refractivity contribution in [2.45, 2.75) is 40.0 Å². The molecule has 1 heterocycles. The molecule has 0 aliphatic rings. The van der Waals surface area contributed by atoms with E-state index in [1.54, 1.807) is 11.3 Å². The molecule has 2 nitrogen and oxygen atoms in total. The topological polar surface area (TPSA) is 26.3 Å². The number of hydrogen-bond acceptors (Lipinski definition) is 3. The number of aryl methyl sites for hydroxylation is 1.